The van der Waals surface area contributed by atoms with Crippen LogP contribution in [-0.2, 0) is 6.42 Å². The molecule has 4 rings (SSSR count). The molecule has 0 radical (unpaired) electrons. The van der Waals surface area contributed by atoms with Crippen molar-refractivity contribution in [3.05, 3.63) is 72.6 Å². The molecule has 8 nitrogen and oxygen atoms in total. The highest BCUT2D eigenvalue weighted by Crippen LogP contribution is 2.42. The summed E-state index contributed by atoms with van der Waals surface area (Å²) in [6.45, 7) is 4.62. The molecule has 0 atom stereocenters. The normalized spacial score (nSPS) is 10.6. The Labute approximate surface area is 209 Å². The summed E-state index contributed by atoms with van der Waals surface area (Å²) in [5.41, 5.74) is 1.27. The quantitative estimate of drug-likeness (QED) is 0.247. The molecule has 0 saturated heterocycles. The molecular weight excluding hydrogens is 462 g/mol. The molecule has 0 amide bonds. The van der Waals surface area contributed by atoms with Crippen molar-refractivity contribution in [1.29, 1.82) is 0 Å². The SMILES string of the molecule is CCCOc1nc(-c2ncccn2)nc(NSc2ccc(CC)cc2)c1Oc1ccccc1OC. The van der Waals surface area contributed by atoms with Crippen LogP contribution in [0.15, 0.2) is 71.9 Å². The van der Waals surface area contributed by atoms with E-state index in [0.717, 1.165) is 17.7 Å². The second-order valence-electron chi connectivity index (χ2n) is 7.41. The summed E-state index contributed by atoms with van der Waals surface area (Å²) in [4.78, 5) is 18.9. The van der Waals surface area contributed by atoms with Gasteiger partial charge >= 0.3 is 0 Å². The third-order valence-electron chi connectivity index (χ3n) is 4.92. The fourth-order valence-corrected chi connectivity index (χ4v) is 3.74. The van der Waals surface area contributed by atoms with Gasteiger partial charge in [0.1, 0.15) is 0 Å². The average Bonchev–Trinajstić information content (AvgIpc) is 2.92. The molecule has 0 aliphatic carbocycles. The van der Waals surface area contributed by atoms with Gasteiger partial charge in [0.2, 0.25) is 11.6 Å². The minimum atomic E-state index is 0.291. The standard InChI is InChI=1S/C26H27N5O3S/c1-4-17-33-26-22(34-21-10-7-6-9-20(21)32-3)23(29-25(30-26)24-27-15-8-16-28-24)31-35-19-13-11-18(5-2)12-14-19/h6-16H,4-5,17H2,1-3H3,(H,29,30,31). The van der Waals surface area contributed by atoms with Gasteiger partial charge in [-0.25, -0.2) is 15.0 Å². The van der Waals surface area contributed by atoms with Crippen LogP contribution >= 0.6 is 11.9 Å². The fourth-order valence-electron chi connectivity index (χ4n) is 3.12. The number of hydrogen-bond donors (Lipinski definition) is 1. The van der Waals surface area contributed by atoms with E-state index in [1.54, 1.807) is 25.6 Å². The lowest BCUT2D eigenvalue weighted by molar-refractivity contribution is 0.287. The second kappa shape index (κ2) is 12.0. The van der Waals surface area contributed by atoms with Crippen LogP contribution in [0.5, 0.6) is 23.1 Å². The Morgan fingerprint density at radius 3 is 2.29 bits per heavy atom. The summed E-state index contributed by atoms with van der Waals surface area (Å²) in [5.74, 6) is 2.89. The Balaban J connectivity index is 1.76. The number of ether oxygens (including phenoxy) is 3. The van der Waals surface area contributed by atoms with Gasteiger partial charge in [-0.05, 0) is 60.7 Å². The van der Waals surface area contributed by atoms with Crippen LogP contribution in [-0.4, -0.2) is 33.7 Å². The van der Waals surface area contributed by atoms with Crippen molar-refractivity contribution < 1.29 is 14.2 Å². The Hall–Kier alpha value is -3.85. The number of aromatic nitrogens is 4. The van der Waals surface area contributed by atoms with Crippen LogP contribution in [0.25, 0.3) is 11.6 Å². The van der Waals surface area contributed by atoms with Gasteiger partial charge in [0.15, 0.2) is 23.1 Å². The summed E-state index contributed by atoms with van der Waals surface area (Å²) in [6.07, 6.45) is 5.08. The molecule has 0 bridgehead atoms. The van der Waals surface area contributed by atoms with Gasteiger partial charge in [-0.3, -0.25) is 0 Å². The zero-order valence-corrected chi connectivity index (χ0v) is 20.7. The van der Waals surface area contributed by atoms with E-state index in [0.29, 0.717) is 47.2 Å². The Kier molecular flexibility index (Phi) is 8.34. The van der Waals surface area contributed by atoms with E-state index in [2.05, 4.69) is 50.9 Å². The molecule has 2 heterocycles. The van der Waals surface area contributed by atoms with Crippen molar-refractivity contribution in [2.45, 2.75) is 31.6 Å². The molecule has 4 aromatic rings. The number of para-hydroxylation sites is 2. The number of methoxy groups -OCH3 is 1. The van der Waals surface area contributed by atoms with E-state index < -0.39 is 0 Å². The molecule has 0 spiro atoms. The maximum absolute atomic E-state index is 6.28. The first-order valence-electron chi connectivity index (χ1n) is 11.4. The van der Waals surface area contributed by atoms with Gasteiger partial charge in [0.25, 0.3) is 5.88 Å². The Bertz CT molecular complexity index is 1240. The molecule has 0 unspecified atom stereocenters. The molecular formula is C26H27N5O3S. The third-order valence-corrected chi connectivity index (χ3v) is 5.72. The number of hydrogen-bond acceptors (Lipinski definition) is 9. The highest BCUT2D eigenvalue weighted by Gasteiger charge is 2.22. The molecule has 0 aliphatic heterocycles. The summed E-state index contributed by atoms with van der Waals surface area (Å²) in [7, 11) is 1.60. The van der Waals surface area contributed by atoms with E-state index in [1.807, 2.05) is 31.2 Å². The summed E-state index contributed by atoms with van der Waals surface area (Å²) in [6, 6.07) is 17.5. The lowest BCUT2D eigenvalue weighted by Gasteiger charge is -2.17. The van der Waals surface area contributed by atoms with Crippen molar-refractivity contribution in [3.63, 3.8) is 0 Å². The van der Waals surface area contributed by atoms with Crippen LogP contribution in [0.3, 0.4) is 0 Å². The predicted octanol–water partition coefficient (Wildman–Crippen LogP) is 6.20. The van der Waals surface area contributed by atoms with Crippen LogP contribution in [0.2, 0.25) is 0 Å². The third kappa shape index (κ3) is 6.19. The van der Waals surface area contributed by atoms with E-state index in [9.17, 15) is 0 Å². The lowest BCUT2D eigenvalue weighted by atomic mass is 10.2. The molecule has 0 aliphatic rings. The average molecular weight is 490 g/mol. The molecule has 35 heavy (non-hydrogen) atoms. The molecule has 2 aromatic carbocycles. The van der Waals surface area contributed by atoms with E-state index in [1.165, 1.54) is 17.5 Å². The van der Waals surface area contributed by atoms with Crippen molar-refractivity contribution >= 4 is 17.8 Å². The molecule has 9 heteroatoms. The second-order valence-corrected chi connectivity index (χ2v) is 8.29. The van der Waals surface area contributed by atoms with Gasteiger partial charge in [-0.2, -0.15) is 4.98 Å². The minimum Gasteiger partial charge on any atom is -0.493 e. The van der Waals surface area contributed by atoms with Gasteiger partial charge in [0.05, 0.1) is 13.7 Å². The number of aryl methyl sites for hydroxylation is 1. The number of anilines is 1. The van der Waals surface area contributed by atoms with Crippen molar-refractivity contribution in [2.75, 3.05) is 18.4 Å². The van der Waals surface area contributed by atoms with Crippen LogP contribution in [0.1, 0.15) is 25.8 Å². The van der Waals surface area contributed by atoms with E-state index in [4.69, 9.17) is 19.2 Å². The number of rotatable bonds is 11. The molecule has 2 aromatic heterocycles. The van der Waals surface area contributed by atoms with E-state index >= 15 is 0 Å². The highest BCUT2D eigenvalue weighted by atomic mass is 32.2. The van der Waals surface area contributed by atoms with Crippen molar-refractivity contribution in [3.8, 4) is 34.8 Å². The fraction of sp³-hybridized carbons (Fsp3) is 0.231. The number of benzene rings is 2. The predicted molar refractivity (Wildman–Crippen MR) is 137 cm³/mol. The summed E-state index contributed by atoms with van der Waals surface area (Å²) in [5, 5.41) is 0. The molecule has 1 N–H and O–H groups in total. The smallest absolute Gasteiger partial charge is 0.263 e. The molecule has 0 fully saturated rings. The number of nitrogens with zero attached hydrogens (tertiary/aromatic N) is 4. The zero-order chi connectivity index (χ0) is 24.5. The summed E-state index contributed by atoms with van der Waals surface area (Å²) >= 11 is 1.42. The van der Waals surface area contributed by atoms with Gasteiger partial charge in [-0.1, -0.05) is 38.1 Å². The van der Waals surface area contributed by atoms with Gasteiger partial charge < -0.3 is 18.9 Å². The first kappa shape index (κ1) is 24.3. The van der Waals surface area contributed by atoms with Crippen LogP contribution in [0, 0.1) is 0 Å². The first-order valence-corrected chi connectivity index (χ1v) is 12.2. The Morgan fingerprint density at radius 1 is 0.857 bits per heavy atom. The molecule has 180 valence electrons. The van der Waals surface area contributed by atoms with Crippen LogP contribution in [0.4, 0.5) is 5.82 Å². The topological polar surface area (TPSA) is 91.3 Å². The highest BCUT2D eigenvalue weighted by molar-refractivity contribution is 8.00. The lowest BCUT2D eigenvalue weighted by Crippen LogP contribution is -2.07. The van der Waals surface area contributed by atoms with Crippen molar-refractivity contribution in [2.24, 2.45) is 0 Å². The van der Waals surface area contributed by atoms with Gasteiger partial charge in [0, 0.05) is 17.3 Å². The molecule has 0 saturated carbocycles. The van der Waals surface area contributed by atoms with Crippen molar-refractivity contribution in [1.82, 2.24) is 19.9 Å². The Morgan fingerprint density at radius 2 is 1.60 bits per heavy atom. The largest absolute Gasteiger partial charge is 0.493 e. The van der Waals surface area contributed by atoms with E-state index in [-0.39, 0.29) is 0 Å². The zero-order valence-electron chi connectivity index (χ0n) is 19.9. The summed E-state index contributed by atoms with van der Waals surface area (Å²) < 4.78 is 21.1. The van der Waals surface area contributed by atoms with Crippen LogP contribution < -0.4 is 18.9 Å². The maximum Gasteiger partial charge on any atom is 0.263 e. The monoisotopic (exact) mass is 489 g/mol. The first-order chi connectivity index (χ1) is 17.2. The van der Waals surface area contributed by atoms with Gasteiger partial charge in [-0.15, -0.1) is 0 Å². The maximum atomic E-state index is 6.28. The number of nitrogens with one attached hydrogen (secondary N) is 1. The minimum absolute atomic E-state index is 0.291.